The molecule has 2 aliphatic rings. The van der Waals surface area contributed by atoms with Gasteiger partial charge in [-0.2, -0.15) is 0 Å². The number of hydrogen-bond acceptors (Lipinski definition) is 3. The first-order valence-electron chi connectivity index (χ1n) is 6.44. The van der Waals surface area contributed by atoms with E-state index in [0.29, 0.717) is 6.61 Å². The monoisotopic (exact) mass is 312 g/mol. The van der Waals surface area contributed by atoms with Crippen molar-refractivity contribution in [3.8, 4) is 5.75 Å². The van der Waals surface area contributed by atoms with Gasteiger partial charge in [-0.05, 0) is 37.5 Å². The summed E-state index contributed by atoms with van der Waals surface area (Å²) in [6.45, 7) is 2.75. The Bertz CT molecular complexity index is 461. The van der Waals surface area contributed by atoms with Crippen LogP contribution in [0.3, 0.4) is 0 Å². The van der Waals surface area contributed by atoms with Crippen molar-refractivity contribution in [2.24, 2.45) is 0 Å². The van der Waals surface area contributed by atoms with Crippen LogP contribution >= 0.6 is 15.9 Å². The first-order valence-corrected chi connectivity index (χ1v) is 7.23. The Morgan fingerprint density at radius 1 is 1.39 bits per heavy atom. The van der Waals surface area contributed by atoms with Crippen LogP contribution in [0.5, 0.6) is 5.75 Å². The molecule has 0 aliphatic carbocycles. The van der Waals surface area contributed by atoms with Crippen molar-refractivity contribution in [1.82, 2.24) is 0 Å². The van der Waals surface area contributed by atoms with Crippen molar-refractivity contribution in [3.05, 3.63) is 27.7 Å². The highest BCUT2D eigenvalue weighted by Crippen LogP contribution is 2.40. The quantitative estimate of drug-likeness (QED) is 0.912. The highest BCUT2D eigenvalue weighted by atomic mass is 79.9. The molecule has 98 valence electrons. The molecule has 3 rings (SSSR count). The number of benzene rings is 1. The van der Waals surface area contributed by atoms with Crippen molar-refractivity contribution >= 4 is 15.9 Å². The lowest BCUT2D eigenvalue weighted by Crippen LogP contribution is -2.19. The summed E-state index contributed by atoms with van der Waals surface area (Å²) in [5, 5.41) is 10.5. The third-order valence-electron chi connectivity index (χ3n) is 3.71. The average molecular weight is 313 g/mol. The van der Waals surface area contributed by atoms with E-state index in [2.05, 4.69) is 28.9 Å². The highest BCUT2D eigenvalue weighted by molar-refractivity contribution is 9.10. The van der Waals surface area contributed by atoms with Crippen molar-refractivity contribution < 1.29 is 14.6 Å². The van der Waals surface area contributed by atoms with Crippen LogP contribution in [-0.4, -0.2) is 23.9 Å². The van der Waals surface area contributed by atoms with Crippen LogP contribution in [0.4, 0.5) is 0 Å². The summed E-state index contributed by atoms with van der Waals surface area (Å²) in [5.41, 5.74) is 2.03. The van der Waals surface area contributed by atoms with Gasteiger partial charge < -0.3 is 14.6 Å². The van der Waals surface area contributed by atoms with Gasteiger partial charge in [-0.15, -0.1) is 0 Å². The zero-order chi connectivity index (χ0) is 12.7. The molecule has 1 saturated heterocycles. The molecule has 1 fully saturated rings. The number of fused-ring (bicyclic) bond motifs is 1. The Morgan fingerprint density at radius 3 is 2.94 bits per heavy atom. The standard InChI is InChI=1S/C14H17BrO3/c1-8-2-3-12(18-8)13(16)11-7-10(15)6-9-4-5-17-14(9)11/h6-8,12-13,16H,2-5H2,1H3. The summed E-state index contributed by atoms with van der Waals surface area (Å²) in [6.07, 6.45) is 2.37. The molecule has 1 N–H and O–H groups in total. The lowest BCUT2D eigenvalue weighted by atomic mass is 9.98. The zero-order valence-electron chi connectivity index (χ0n) is 10.4. The van der Waals surface area contributed by atoms with Gasteiger partial charge in [0.25, 0.3) is 0 Å². The van der Waals surface area contributed by atoms with E-state index < -0.39 is 6.10 Å². The van der Waals surface area contributed by atoms with Crippen molar-refractivity contribution in [2.45, 2.75) is 44.5 Å². The largest absolute Gasteiger partial charge is 0.493 e. The minimum atomic E-state index is -0.598. The van der Waals surface area contributed by atoms with Crippen LogP contribution in [-0.2, 0) is 11.2 Å². The van der Waals surface area contributed by atoms with Gasteiger partial charge in [-0.3, -0.25) is 0 Å². The first kappa shape index (κ1) is 12.5. The second-order valence-electron chi connectivity index (χ2n) is 5.09. The summed E-state index contributed by atoms with van der Waals surface area (Å²) in [7, 11) is 0. The molecule has 1 aromatic carbocycles. The van der Waals surface area contributed by atoms with Crippen LogP contribution in [0.2, 0.25) is 0 Å². The van der Waals surface area contributed by atoms with Gasteiger partial charge in [0.05, 0.1) is 18.8 Å². The van der Waals surface area contributed by atoms with E-state index in [1.54, 1.807) is 0 Å². The normalized spacial score (nSPS) is 27.9. The number of rotatable bonds is 2. The van der Waals surface area contributed by atoms with Gasteiger partial charge >= 0.3 is 0 Å². The lowest BCUT2D eigenvalue weighted by Gasteiger charge is -2.21. The van der Waals surface area contributed by atoms with Gasteiger partial charge in [0.2, 0.25) is 0 Å². The Morgan fingerprint density at radius 2 is 2.22 bits per heavy atom. The van der Waals surface area contributed by atoms with E-state index in [1.165, 1.54) is 5.56 Å². The van der Waals surface area contributed by atoms with Crippen molar-refractivity contribution in [1.29, 1.82) is 0 Å². The van der Waals surface area contributed by atoms with Crippen LogP contribution < -0.4 is 4.74 Å². The molecule has 0 radical (unpaired) electrons. The molecule has 0 saturated carbocycles. The SMILES string of the molecule is CC1CCC(C(O)c2cc(Br)cc3c2OCC3)O1. The molecule has 0 bridgehead atoms. The van der Waals surface area contributed by atoms with Crippen LogP contribution in [0, 0.1) is 0 Å². The molecule has 2 heterocycles. The average Bonchev–Trinajstić information content (AvgIpc) is 2.95. The van der Waals surface area contributed by atoms with E-state index in [0.717, 1.165) is 35.0 Å². The smallest absolute Gasteiger partial charge is 0.128 e. The van der Waals surface area contributed by atoms with Gasteiger partial charge in [0.15, 0.2) is 0 Å². The van der Waals surface area contributed by atoms with Crippen molar-refractivity contribution in [3.63, 3.8) is 0 Å². The molecule has 0 spiro atoms. The molecule has 0 amide bonds. The molecule has 4 heteroatoms. The third kappa shape index (κ3) is 2.17. The summed E-state index contributed by atoms with van der Waals surface area (Å²) in [4.78, 5) is 0. The van der Waals surface area contributed by atoms with Gasteiger partial charge in [-0.25, -0.2) is 0 Å². The molecule has 1 aromatic rings. The second kappa shape index (κ2) is 4.83. The predicted molar refractivity (Wildman–Crippen MR) is 71.9 cm³/mol. The minimum absolute atomic E-state index is 0.109. The number of halogens is 1. The van der Waals surface area contributed by atoms with E-state index >= 15 is 0 Å². The second-order valence-corrected chi connectivity index (χ2v) is 6.00. The van der Waals surface area contributed by atoms with E-state index in [-0.39, 0.29) is 12.2 Å². The minimum Gasteiger partial charge on any atom is -0.493 e. The van der Waals surface area contributed by atoms with Gasteiger partial charge in [0.1, 0.15) is 11.9 Å². The summed E-state index contributed by atoms with van der Waals surface area (Å²) < 4.78 is 12.4. The lowest BCUT2D eigenvalue weighted by molar-refractivity contribution is -0.0305. The Labute approximate surface area is 115 Å². The molecule has 18 heavy (non-hydrogen) atoms. The Hall–Kier alpha value is -0.580. The number of aliphatic hydroxyl groups excluding tert-OH is 1. The fourth-order valence-corrected chi connectivity index (χ4v) is 3.31. The number of ether oxygens (including phenoxy) is 2. The van der Waals surface area contributed by atoms with E-state index in [4.69, 9.17) is 9.47 Å². The number of hydrogen-bond donors (Lipinski definition) is 1. The van der Waals surface area contributed by atoms with E-state index in [9.17, 15) is 5.11 Å². The third-order valence-corrected chi connectivity index (χ3v) is 4.17. The molecule has 3 unspecified atom stereocenters. The topological polar surface area (TPSA) is 38.7 Å². The predicted octanol–water partition coefficient (Wildman–Crippen LogP) is 2.98. The molecule has 0 aromatic heterocycles. The molecule has 3 atom stereocenters. The molecular formula is C14H17BrO3. The van der Waals surface area contributed by atoms with E-state index in [1.807, 2.05) is 6.07 Å². The maximum Gasteiger partial charge on any atom is 0.128 e. The summed E-state index contributed by atoms with van der Waals surface area (Å²) in [5.74, 6) is 0.855. The molecule has 3 nitrogen and oxygen atoms in total. The molecule has 2 aliphatic heterocycles. The zero-order valence-corrected chi connectivity index (χ0v) is 11.9. The fourth-order valence-electron chi connectivity index (χ4n) is 2.78. The van der Waals surface area contributed by atoms with Crippen LogP contribution in [0.25, 0.3) is 0 Å². The van der Waals surface area contributed by atoms with Crippen molar-refractivity contribution in [2.75, 3.05) is 6.61 Å². The molecular weight excluding hydrogens is 296 g/mol. The van der Waals surface area contributed by atoms with Gasteiger partial charge in [-0.1, -0.05) is 15.9 Å². The Balaban J connectivity index is 1.92. The highest BCUT2D eigenvalue weighted by Gasteiger charge is 2.32. The Kier molecular flexibility index (Phi) is 3.34. The summed E-state index contributed by atoms with van der Waals surface area (Å²) in [6, 6.07) is 4.01. The summed E-state index contributed by atoms with van der Waals surface area (Å²) >= 11 is 3.50. The van der Waals surface area contributed by atoms with Crippen LogP contribution in [0.15, 0.2) is 16.6 Å². The first-order chi connectivity index (χ1) is 8.65. The maximum absolute atomic E-state index is 10.5. The maximum atomic E-state index is 10.5. The number of aliphatic hydroxyl groups is 1. The fraction of sp³-hybridized carbons (Fsp3) is 0.571. The van der Waals surface area contributed by atoms with Gasteiger partial charge in [0, 0.05) is 16.5 Å². The van der Waals surface area contributed by atoms with Crippen LogP contribution in [0.1, 0.15) is 37.0 Å².